The summed E-state index contributed by atoms with van der Waals surface area (Å²) < 4.78 is 0. The van der Waals surface area contributed by atoms with Crippen LogP contribution >= 0.6 is 0 Å². The Morgan fingerprint density at radius 2 is 1.94 bits per heavy atom. The van der Waals surface area contributed by atoms with Crippen LogP contribution in [0, 0.1) is 11.3 Å². The van der Waals surface area contributed by atoms with E-state index in [-0.39, 0.29) is 5.56 Å². The van der Waals surface area contributed by atoms with Crippen molar-refractivity contribution in [2.75, 3.05) is 19.6 Å². The highest BCUT2D eigenvalue weighted by atomic mass is 16.2. The van der Waals surface area contributed by atoms with E-state index in [0.29, 0.717) is 12.1 Å². The molecule has 0 unspecified atom stereocenters. The van der Waals surface area contributed by atoms with E-state index < -0.39 is 11.2 Å². The summed E-state index contributed by atoms with van der Waals surface area (Å²) in [6, 6.07) is 1.83. The molecule has 2 heterocycles. The van der Waals surface area contributed by atoms with Crippen molar-refractivity contribution in [1.82, 2.24) is 14.9 Å². The molecule has 1 fully saturated rings. The Morgan fingerprint density at radius 1 is 1.24 bits per heavy atom. The van der Waals surface area contributed by atoms with Gasteiger partial charge in [0.25, 0.3) is 5.56 Å². The first kappa shape index (κ1) is 11.6. The summed E-state index contributed by atoms with van der Waals surface area (Å²) in [5, 5.41) is 8.88. The van der Waals surface area contributed by atoms with E-state index in [2.05, 4.69) is 14.9 Å². The normalized spacial score (nSPS) is 15.9. The molecule has 1 aliphatic heterocycles. The molecule has 0 aromatic carbocycles. The molecule has 0 aliphatic carbocycles. The lowest BCUT2D eigenvalue weighted by atomic mass is 10.2. The van der Waals surface area contributed by atoms with Crippen LogP contribution < -0.4 is 11.2 Å². The molecule has 0 saturated carbocycles. The number of nitriles is 1. The molecule has 2 N–H and O–H groups in total. The van der Waals surface area contributed by atoms with Gasteiger partial charge < -0.3 is 9.88 Å². The number of nitrogens with one attached hydrogen (secondary N) is 2. The third-order valence-corrected chi connectivity index (χ3v) is 3.01. The maximum Gasteiger partial charge on any atom is 0.325 e. The van der Waals surface area contributed by atoms with Gasteiger partial charge in [-0.3, -0.25) is 9.78 Å². The van der Waals surface area contributed by atoms with Gasteiger partial charge >= 0.3 is 5.69 Å². The Balaban J connectivity index is 2.17. The zero-order valence-electron chi connectivity index (χ0n) is 9.45. The Morgan fingerprint density at radius 3 is 2.59 bits per heavy atom. The largest absolute Gasteiger partial charge is 0.325 e. The van der Waals surface area contributed by atoms with Crippen LogP contribution in [-0.4, -0.2) is 34.5 Å². The molecule has 17 heavy (non-hydrogen) atoms. The summed E-state index contributed by atoms with van der Waals surface area (Å²) >= 11 is 0. The third kappa shape index (κ3) is 2.63. The minimum absolute atomic E-state index is 0.0174. The highest BCUT2D eigenvalue weighted by molar-refractivity contribution is 5.30. The molecule has 1 aromatic rings. The number of likely N-dealkylation sites (tertiary alicyclic amines) is 1. The molecular weight excluding hydrogens is 220 g/mol. The van der Waals surface area contributed by atoms with Gasteiger partial charge in [0.2, 0.25) is 0 Å². The van der Waals surface area contributed by atoms with Gasteiger partial charge in [0.15, 0.2) is 0 Å². The van der Waals surface area contributed by atoms with Crippen LogP contribution in [0.4, 0.5) is 0 Å². The lowest BCUT2D eigenvalue weighted by Crippen LogP contribution is -2.29. The standard InChI is InChI=1S/C11H14N4O2/c12-7-8-9(13-11(17)14-10(8)16)3-6-15-4-1-2-5-15/h1-6H2,(H2,13,14,16,17). The predicted octanol–water partition coefficient (Wildman–Crippen LogP) is -0.427. The number of hydrogen-bond acceptors (Lipinski definition) is 4. The van der Waals surface area contributed by atoms with Gasteiger partial charge in [-0.15, -0.1) is 0 Å². The minimum atomic E-state index is -0.604. The second kappa shape index (κ2) is 4.97. The predicted molar refractivity (Wildman–Crippen MR) is 61.8 cm³/mol. The summed E-state index contributed by atoms with van der Waals surface area (Å²) in [5.74, 6) is 0. The zero-order valence-corrected chi connectivity index (χ0v) is 9.45. The number of hydrogen-bond donors (Lipinski definition) is 2. The second-order valence-electron chi connectivity index (χ2n) is 4.17. The van der Waals surface area contributed by atoms with Crippen molar-refractivity contribution < 1.29 is 0 Å². The average molecular weight is 234 g/mol. The van der Waals surface area contributed by atoms with Crippen LogP contribution in [0.2, 0.25) is 0 Å². The highest BCUT2D eigenvalue weighted by Crippen LogP contribution is 2.08. The van der Waals surface area contributed by atoms with Crippen LogP contribution in [0.15, 0.2) is 9.59 Å². The number of nitrogens with zero attached hydrogens (tertiary/aromatic N) is 2. The Kier molecular flexibility index (Phi) is 3.40. The van der Waals surface area contributed by atoms with Gasteiger partial charge in [0.1, 0.15) is 11.6 Å². The van der Waals surface area contributed by atoms with Gasteiger partial charge in [-0.2, -0.15) is 5.26 Å². The first-order valence-electron chi connectivity index (χ1n) is 5.68. The van der Waals surface area contributed by atoms with Gasteiger partial charge in [0.05, 0.1) is 0 Å². The zero-order chi connectivity index (χ0) is 12.3. The van der Waals surface area contributed by atoms with Crippen molar-refractivity contribution in [3.63, 3.8) is 0 Å². The van der Waals surface area contributed by atoms with Crippen molar-refractivity contribution in [1.29, 1.82) is 5.26 Å². The fourth-order valence-corrected chi connectivity index (χ4v) is 2.12. The van der Waals surface area contributed by atoms with Crippen LogP contribution in [-0.2, 0) is 6.42 Å². The molecule has 6 nitrogen and oxygen atoms in total. The number of aromatic amines is 2. The molecule has 0 spiro atoms. The summed E-state index contributed by atoms with van der Waals surface area (Å²) in [7, 11) is 0. The lowest BCUT2D eigenvalue weighted by molar-refractivity contribution is 0.342. The van der Waals surface area contributed by atoms with E-state index in [1.807, 2.05) is 6.07 Å². The van der Waals surface area contributed by atoms with Crippen molar-refractivity contribution in [2.24, 2.45) is 0 Å². The molecule has 6 heteroatoms. The van der Waals surface area contributed by atoms with Gasteiger partial charge in [-0.05, 0) is 25.9 Å². The summed E-state index contributed by atoms with van der Waals surface area (Å²) in [6.07, 6.45) is 2.91. The molecule has 90 valence electrons. The smallest absolute Gasteiger partial charge is 0.310 e. The molecular formula is C11H14N4O2. The maximum atomic E-state index is 11.4. The Labute approximate surface area is 97.9 Å². The molecule has 1 aliphatic rings. The lowest BCUT2D eigenvalue weighted by Gasteiger charge is -2.14. The second-order valence-corrected chi connectivity index (χ2v) is 4.17. The van der Waals surface area contributed by atoms with Gasteiger partial charge in [-0.25, -0.2) is 4.79 Å². The average Bonchev–Trinajstić information content (AvgIpc) is 2.78. The van der Waals surface area contributed by atoms with E-state index in [1.54, 1.807) is 0 Å². The quantitative estimate of drug-likeness (QED) is 0.742. The topological polar surface area (TPSA) is 92.8 Å². The number of aromatic nitrogens is 2. The Bertz CT molecular complexity index is 546. The fraction of sp³-hybridized carbons (Fsp3) is 0.545. The van der Waals surface area contributed by atoms with Crippen molar-refractivity contribution in [3.05, 3.63) is 32.1 Å². The van der Waals surface area contributed by atoms with E-state index in [4.69, 9.17) is 5.26 Å². The molecule has 2 rings (SSSR count). The van der Waals surface area contributed by atoms with Crippen molar-refractivity contribution in [3.8, 4) is 6.07 Å². The first-order valence-corrected chi connectivity index (χ1v) is 5.68. The first-order chi connectivity index (χ1) is 8.20. The van der Waals surface area contributed by atoms with E-state index >= 15 is 0 Å². The molecule has 0 atom stereocenters. The molecule has 1 aromatic heterocycles. The number of rotatable bonds is 3. The van der Waals surface area contributed by atoms with Crippen molar-refractivity contribution in [2.45, 2.75) is 19.3 Å². The Hall–Kier alpha value is -1.87. The van der Waals surface area contributed by atoms with Gasteiger partial charge in [-0.1, -0.05) is 0 Å². The minimum Gasteiger partial charge on any atom is -0.310 e. The van der Waals surface area contributed by atoms with Crippen molar-refractivity contribution >= 4 is 0 Å². The van der Waals surface area contributed by atoms with E-state index in [0.717, 1.165) is 19.6 Å². The number of H-pyrrole nitrogens is 2. The third-order valence-electron chi connectivity index (χ3n) is 3.01. The molecule has 0 amide bonds. The molecule has 0 radical (unpaired) electrons. The molecule has 1 saturated heterocycles. The summed E-state index contributed by atoms with van der Waals surface area (Å²) in [6.45, 7) is 2.87. The van der Waals surface area contributed by atoms with E-state index in [1.165, 1.54) is 12.8 Å². The summed E-state index contributed by atoms with van der Waals surface area (Å²) in [5.41, 5.74) is -0.699. The highest BCUT2D eigenvalue weighted by Gasteiger charge is 2.14. The monoisotopic (exact) mass is 234 g/mol. The molecule has 0 bridgehead atoms. The van der Waals surface area contributed by atoms with Gasteiger partial charge in [0, 0.05) is 18.7 Å². The SMILES string of the molecule is N#Cc1c(CCN2CCCC2)[nH]c(=O)[nH]c1=O. The van der Waals surface area contributed by atoms with Crippen LogP contribution in [0.5, 0.6) is 0 Å². The maximum absolute atomic E-state index is 11.4. The summed E-state index contributed by atoms with van der Waals surface area (Å²) in [4.78, 5) is 29.4. The van der Waals surface area contributed by atoms with Crippen LogP contribution in [0.1, 0.15) is 24.1 Å². The fourth-order valence-electron chi connectivity index (χ4n) is 2.12. The van der Waals surface area contributed by atoms with Crippen LogP contribution in [0.25, 0.3) is 0 Å². The van der Waals surface area contributed by atoms with Crippen LogP contribution in [0.3, 0.4) is 0 Å². The van der Waals surface area contributed by atoms with E-state index in [9.17, 15) is 9.59 Å².